The van der Waals surface area contributed by atoms with Crippen molar-refractivity contribution < 1.29 is 9.31 Å². The Kier molecular flexibility index (Phi) is 7.16. The topological polar surface area (TPSA) is 12.2 Å². The van der Waals surface area contributed by atoms with Crippen LogP contribution >= 0.6 is 0 Å². The van der Waals surface area contributed by atoms with Crippen molar-refractivity contribution in [1.29, 1.82) is 0 Å². The van der Waals surface area contributed by atoms with Crippen molar-refractivity contribution in [1.82, 2.24) is 0 Å². The first-order valence-electron chi connectivity index (χ1n) is 11.4. The molecule has 0 spiro atoms. The molecule has 2 heteroatoms. The minimum absolute atomic E-state index is 0.870. The number of allylic oxidation sites excluding steroid dienone is 12. The normalized spacial score (nSPS) is 16.9. The quantitative estimate of drug-likeness (QED) is 0.458. The molecule has 33 heavy (non-hydrogen) atoms. The van der Waals surface area contributed by atoms with Crippen LogP contribution in [0.3, 0.4) is 0 Å². The Morgan fingerprint density at radius 1 is 0.818 bits per heavy atom. The van der Waals surface area contributed by atoms with Crippen LogP contribution in [0.2, 0.25) is 0 Å². The Morgan fingerprint density at radius 3 is 2.06 bits per heavy atom. The lowest BCUT2D eigenvalue weighted by Gasteiger charge is -2.20. The van der Waals surface area contributed by atoms with Crippen molar-refractivity contribution in [2.75, 3.05) is 14.1 Å². The molecule has 4 rings (SSSR count). The summed E-state index contributed by atoms with van der Waals surface area (Å²) in [5, 5.41) is 0. The summed E-state index contributed by atoms with van der Waals surface area (Å²) < 4.78 is 8.52. The predicted molar refractivity (Wildman–Crippen MR) is 140 cm³/mol. The SMILES string of the molecule is CCC(C=CC=C1C=CC(=[N+](C)C)C=C1)=C1C=C(c2ccccc2)C=C(c2ccccc2)O1. The second-order valence-corrected chi connectivity index (χ2v) is 8.20. The van der Waals surface area contributed by atoms with Gasteiger partial charge in [0, 0.05) is 17.7 Å². The van der Waals surface area contributed by atoms with Crippen LogP contribution in [-0.4, -0.2) is 24.4 Å². The van der Waals surface area contributed by atoms with Crippen LogP contribution in [0, 0.1) is 0 Å². The van der Waals surface area contributed by atoms with Crippen LogP contribution in [0.15, 0.2) is 132 Å². The molecular formula is C31H30NO+. The third-order valence-corrected chi connectivity index (χ3v) is 5.65. The van der Waals surface area contributed by atoms with Gasteiger partial charge in [-0.3, -0.25) is 0 Å². The van der Waals surface area contributed by atoms with E-state index in [-0.39, 0.29) is 0 Å². The van der Waals surface area contributed by atoms with Crippen molar-refractivity contribution in [3.63, 3.8) is 0 Å². The van der Waals surface area contributed by atoms with Crippen molar-refractivity contribution in [2.45, 2.75) is 13.3 Å². The molecule has 2 aromatic rings. The Morgan fingerprint density at radius 2 is 1.45 bits per heavy atom. The lowest BCUT2D eigenvalue weighted by atomic mass is 9.98. The standard InChI is InChI=1S/C31H30NO/c1-4-25(17-11-12-24-18-20-29(21-19-24)32(2)3)30-22-28(26-13-7-5-8-14-26)23-31(33-30)27-15-9-6-10-16-27/h5-23H,4H2,1-3H3/q+1. The molecule has 0 saturated heterocycles. The van der Waals surface area contributed by atoms with Crippen molar-refractivity contribution >= 4 is 17.0 Å². The van der Waals surface area contributed by atoms with Crippen LogP contribution in [0.5, 0.6) is 0 Å². The van der Waals surface area contributed by atoms with Gasteiger partial charge in [0.05, 0.1) is 0 Å². The second kappa shape index (κ2) is 10.6. The zero-order valence-corrected chi connectivity index (χ0v) is 19.5. The molecule has 0 saturated carbocycles. The number of nitrogens with zero attached hydrogens (tertiary/aromatic N) is 1. The number of hydrogen-bond donors (Lipinski definition) is 0. The Bertz CT molecular complexity index is 1220. The van der Waals surface area contributed by atoms with E-state index in [1.165, 1.54) is 16.8 Å². The molecule has 0 aromatic heterocycles. The molecule has 0 N–H and O–H groups in total. The van der Waals surface area contributed by atoms with Gasteiger partial charge in [-0.05, 0) is 53.0 Å². The molecule has 0 atom stereocenters. The number of rotatable bonds is 5. The molecule has 2 aliphatic rings. The number of benzene rings is 2. The summed E-state index contributed by atoms with van der Waals surface area (Å²) in [5.74, 6) is 1.76. The summed E-state index contributed by atoms with van der Waals surface area (Å²) in [4.78, 5) is 0. The molecule has 2 aromatic carbocycles. The van der Waals surface area contributed by atoms with E-state index in [4.69, 9.17) is 4.74 Å². The van der Waals surface area contributed by atoms with Gasteiger partial charge in [-0.15, -0.1) is 0 Å². The summed E-state index contributed by atoms with van der Waals surface area (Å²) in [6, 6.07) is 20.8. The van der Waals surface area contributed by atoms with Crippen molar-refractivity contribution in [2.24, 2.45) is 0 Å². The van der Waals surface area contributed by atoms with E-state index in [1.807, 2.05) is 24.3 Å². The summed E-state index contributed by atoms with van der Waals surface area (Å²) in [5.41, 5.74) is 6.93. The van der Waals surface area contributed by atoms with E-state index in [9.17, 15) is 0 Å². The smallest absolute Gasteiger partial charge is 0.199 e. The Balaban J connectivity index is 1.67. The maximum Gasteiger partial charge on any atom is 0.199 e. The number of ether oxygens (including phenoxy) is 1. The first-order valence-corrected chi connectivity index (χ1v) is 11.4. The predicted octanol–water partition coefficient (Wildman–Crippen LogP) is 7.13. The van der Waals surface area contributed by atoms with Crippen LogP contribution in [0.1, 0.15) is 24.5 Å². The molecule has 0 amide bonds. The number of hydrogen-bond acceptors (Lipinski definition) is 1. The highest BCUT2D eigenvalue weighted by Gasteiger charge is 2.16. The van der Waals surface area contributed by atoms with E-state index in [2.05, 4.69) is 117 Å². The summed E-state index contributed by atoms with van der Waals surface area (Å²) in [7, 11) is 4.11. The van der Waals surface area contributed by atoms with Gasteiger partial charge in [0.1, 0.15) is 25.6 Å². The van der Waals surface area contributed by atoms with Crippen LogP contribution in [0.25, 0.3) is 11.3 Å². The lowest BCUT2D eigenvalue weighted by Crippen LogP contribution is -2.09. The third-order valence-electron chi connectivity index (χ3n) is 5.65. The maximum atomic E-state index is 6.42. The van der Waals surface area contributed by atoms with E-state index >= 15 is 0 Å². The first-order chi connectivity index (χ1) is 16.1. The highest BCUT2D eigenvalue weighted by molar-refractivity contribution is 6.02. The molecule has 2 nitrogen and oxygen atoms in total. The van der Waals surface area contributed by atoms with Crippen molar-refractivity contribution in [3.8, 4) is 0 Å². The highest BCUT2D eigenvalue weighted by atomic mass is 16.5. The molecular weight excluding hydrogens is 402 g/mol. The van der Waals surface area contributed by atoms with Crippen LogP contribution in [-0.2, 0) is 4.74 Å². The summed E-state index contributed by atoms with van der Waals surface area (Å²) in [6.07, 6.45) is 20.1. The van der Waals surface area contributed by atoms with Gasteiger partial charge in [0.2, 0.25) is 0 Å². The minimum atomic E-state index is 0.870. The molecule has 0 fully saturated rings. The van der Waals surface area contributed by atoms with E-state index in [0.29, 0.717) is 0 Å². The lowest BCUT2D eigenvalue weighted by molar-refractivity contribution is -0.462. The highest BCUT2D eigenvalue weighted by Crippen LogP contribution is 2.33. The fourth-order valence-electron chi connectivity index (χ4n) is 3.73. The zero-order valence-electron chi connectivity index (χ0n) is 19.5. The first kappa shape index (κ1) is 22.3. The molecule has 1 aliphatic heterocycles. The maximum absolute atomic E-state index is 6.42. The molecule has 0 radical (unpaired) electrons. The molecule has 0 bridgehead atoms. The molecule has 1 heterocycles. The van der Waals surface area contributed by atoms with E-state index < -0.39 is 0 Å². The van der Waals surface area contributed by atoms with Gasteiger partial charge >= 0.3 is 0 Å². The third kappa shape index (κ3) is 5.67. The summed E-state index contributed by atoms with van der Waals surface area (Å²) in [6.45, 7) is 2.17. The van der Waals surface area contributed by atoms with Gasteiger partial charge in [-0.25, -0.2) is 4.58 Å². The van der Waals surface area contributed by atoms with Gasteiger partial charge < -0.3 is 4.74 Å². The molecule has 164 valence electrons. The fraction of sp³-hybridized carbons (Fsp3) is 0.129. The minimum Gasteiger partial charge on any atom is -0.456 e. The molecule has 1 aliphatic carbocycles. The van der Waals surface area contributed by atoms with E-state index in [0.717, 1.165) is 34.6 Å². The van der Waals surface area contributed by atoms with Crippen molar-refractivity contribution in [3.05, 3.63) is 143 Å². The monoisotopic (exact) mass is 432 g/mol. The van der Waals surface area contributed by atoms with E-state index in [1.54, 1.807) is 0 Å². The molecule has 0 unspecified atom stereocenters. The van der Waals surface area contributed by atoms with Gasteiger partial charge in [0.25, 0.3) is 0 Å². The summed E-state index contributed by atoms with van der Waals surface area (Å²) >= 11 is 0. The zero-order chi connectivity index (χ0) is 23.0. The van der Waals surface area contributed by atoms with Crippen LogP contribution < -0.4 is 0 Å². The Labute approximate surface area is 197 Å². The average Bonchev–Trinajstić information content (AvgIpc) is 2.87. The van der Waals surface area contributed by atoms with Crippen LogP contribution in [0.4, 0.5) is 0 Å². The van der Waals surface area contributed by atoms with Gasteiger partial charge in [0.15, 0.2) is 5.71 Å². The van der Waals surface area contributed by atoms with Gasteiger partial charge in [-0.1, -0.05) is 85.8 Å². The van der Waals surface area contributed by atoms with Gasteiger partial charge in [-0.2, -0.15) is 0 Å². The average molecular weight is 433 g/mol. The fourth-order valence-corrected chi connectivity index (χ4v) is 3.73. The Hall–Kier alpha value is -3.91. The second-order valence-electron chi connectivity index (χ2n) is 8.20. The largest absolute Gasteiger partial charge is 0.456 e.